The lowest BCUT2D eigenvalue weighted by atomic mass is 10.1. The molecule has 0 aliphatic carbocycles. The van der Waals surface area contributed by atoms with Crippen LogP contribution in [0.5, 0.6) is 11.5 Å². The van der Waals surface area contributed by atoms with Crippen LogP contribution in [-0.2, 0) is 7.05 Å². The molecule has 0 unspecified atom stereocenters. The molecule has 1 aliphatic rings. The molecule has 2 aromatic carbocycles. The number of aromatic nitrogens is 2. The number of nitrogens with zero attached hydrogens (tertiary/aromatic N) is 3. The van der Waals surface area contributed by atoms with E-state index in [2.05, 4.69) is 5.10 Å². The standard InChI is InChI=1S/C21H21N3O3/c1-23-20(15-7-4-3-5-8-15)12-19(22-23)21(25)24-13-18(14-24)27-17-10-6-9-16(11-17)26-2/h3-12,18H,13-14H2,1-2H3. The van der Waals surface area contributed by atoms with Crippen LogP contribution in [0.25, 0.3) is 11.3 Å². The van der Waals surface area contributed by atoms with E-state index in [4.69, 9.17) is 9.47 Å². The molecule has 3 aromatic rings. The highest BCUT2D eigenvalue weighted by Crippen LogP contribution is 2.25. The average molecular weight is 363 g/mol. The summed E-state index contributed by atoms with van der Waals surface area (Å²) >= 11 is 0. The Labute approximate surface area is 157 Å². The van der Waals surface area contributed by atoms with Crippen LogP contribution in [0.3, 0.4) is 0 Å². The highest BCUT2D eigenvalue weighted by molar-refractivity contribution is 5.94. The zero-order chi connectivity index (χ0) is 18.8. The molecule has 1 saturated heterocycles. The van der Waals surface area contributed by atoms with Gasteiger partial charge in [-0.25, -0.2) is 0 Å². The number of hydrogen-bond donors (Lipinski definition) is 0. The molecule has 0 saturated carbocycles. The van der Waals surface area contributed by atoms with E-state index < -0.39 is 0 Å². The van der Waals surface area contributed by atoms with Crippen LogP contribution in [0.4, 0.5) is 0 Å². The van der Waals surface area contributed by atoms with Crippen molar-refractivity contribution in [1.82, 2.24) is 14.7 Å². The number of aryl methyl sites for hydroxylation is 1. The van der Waals surface area contributed by atoms with Crippen LogP contribution in [0.1, 0.15) is 10.5 Å². The highest BCUT2D eigenvalue weighted by atomic mass is 16.5. The van der Waals surface area contributed by atoms with Crippen LogP contribution < -0.4 is 9.47 Å². The van der Waals surface area contributed by atoms with Crippen molar-refractivity contribution in [1.29, 1.82) is 0 Å². The lowest BCUT2D eigenvalue weighted by Gasteiger charge is -2.38. The first-order valence-corrected chi connectivity index (χ1v) is 8.83. The minimum Gasteiger partial charge on any atom is -0.497 e. The van der Waals surface area contributed by atoms with Crippen molar-refractivity contribution in [2.24, 2.45) is 7.05 Å². The number of carbonyl (C=O) groups is 1. The highest BCUT2D eigenvalue weighted by Gasteiger charge is 2.34. The molecule has 138 valence electrons. The fraction of sp³-hybridized carbons (Fsp3) is 0.238. The first kappa shape index (κ1) is 17.1. The van der Waals surface area contributed by atoms with Crippen LogP contribution in [-0.4, -0.2) is 46.9 Å². The fourth-order valence-corrected chi connectivity index (χ4v) is 3.16. The molecule has 0 N–H and O–H groups in total. The van der Waals surface area contributed by atoms with Crippen molar-refractivity contribution in [3.05, 3.63) is 66.4 Å². The topological polar surface area (TPSA) is 56.6 Å². The summed E-state index contributed by atoms with van der Waals surface area (Å²) in [6.07, 6.45) is -0.0154. The third-order valence-corrected chi connectivity index (χ3v) is 4.65. The Kier molecular flexibility index (Phi) is 4.54. The van der Waals surface area contributed by atoms with Crippen molar-refractivity contribution in [2.45, 2.75) is 6.10 Å². The second-order valence-electron chi connectivity index (χ2n) is 6.53. The van der Waals surface area contributed by atoms with Crippen molar-refractivity contribution in [3.8, 4) is 22.8 Å². The molecular formula is C21H21N3O3. The fourth-order valence-electron chi connectivity index (χ4n) is 3.16. The van der Waals surface area contributed by atoms with Gasteiger partial charge >= 0.3 is 0 Å². The summed E-state index contributed by atoms with van der Waals surface area (Å²) in [5.41, 5.74) is 2.41. The van der Waals surface area contributed by atoms with Gasteiger partial charge in [-0.05, 0) is 23.8 Å². The molecular weight excluding hydrogens is 342 g/mol. The summed E-state index contributed by atoms with van der Waals surface area (Å²) in [6, 6.07) is 19.2. The van der Waals surface area contributed by atoms with Gasteiger partial charge in [0.2, 0.25) is 0 Å². The van der Waals surface area contributed by atoms with E-state index >= 15 is 0 Å². The number of hydrogen-bond acceptors (Lipinski definition) is 4. The molecule has 1 amide bonds. The van der Waals surface area contributed by atoms with E-state index in [-0.39, 0.29) is 12.0 Å². The smallest absolute Gasteiger partial charge is 0.274 e. The summed E-state index contributed by atoms with van der Waals surface area (Å²) in [7, 11) is 3.48. The van der Waals surface area contributed by atoms with Crippen LogP contribution >= 0.6 is 0 Å². The first-order valence-electron chi connectivity index (χ1n) is 8.83. The molecule has 1 fully saturated rings. The maximum Gasteiger partial charge on any atom is 0.274 e. The lowest BCUT2D eigenvalue weighted by molar-refractivity contribution is 0.0172. The van der Waals surface area contributed by atoms with Crippen molar-refractivity contribution in [2.75, 3.05) is 20.2 Å². The minimum atomic E-state index is -0.0710. The van der Waals surface area contributed by atoms with Crippen molar-refractivity contribution in [3.63, 3.8) is 0 Å². The van der Waals surface area contributed by atoms with Gasteiger partial charge < -0.3 is 14.4 Å². The molecule has 27 heavy (non-hydrogen) atoms. The molecule has 6 heteroatoms. The quantitative estimate of drug-likeness (QED) is 0.699. The third kappa shape index (κ3) is 3.51. The number of ether oxygens (including phenoxy) is 2. The Morgan fingerprint density at radius 1 is 1.04 bits per heavy atom. The second-order valence-corrected chi connectivity index (χ2v) is 6.53. The number of methoxy groups -OCH3 is 1. The van der Waals surface area contributed by atoms with E-state index in [0.717, 1.165) is 22.8 Å². The Bertz CT molecular complexity index is 946. The van der Waals surface area contributed by atoms with E-state index in [9.17, 15) is 4.79 Å². The number of benzene rings is 2. The van der Waals surface area contributed by atoms with Gasteiger partial charge in [0.05, 0.1) is 25.9 Å². The van der Waals surface area contributed by atoms with Gasteiger partial charge in [0.1, 0.15) is 17.6 Å². The SMILES string of the molecule is COc1cccc(OC2CN(C(=O)c3cc(-c4ccccc4)n(C)n3)C2)c1. The lowest BCUT2D eigenvalue weighted by Crippen LogP contribution is -2.56. The Hall–Kier alpha value is -3.28. The molecule has 1 aromatic heterocycles. The van der Waals surface area contributed by atoms with Gasteiger partial charge in [-0.3, -0.25) is 9.48 Å². The molecule has 4 rings (SSSR count). The van der Waals surface area contributed by atoms with Crippen molar-refractivity contribution >= 4 is 5.91 Å². The summed E-state index contributed by atoms with van der Waals surface area (Å²) in [6.45, 7) is 1.10. The predicted octanol–water partition coefficient (Wildman–Crippen LogP) is 3.00. The molecule has 1 aliphatic heterocycles. The first-order chi connectivity index (χ1) is 13.1. The number of carbonyl (C=O) groups excluding carboxylic acids is 1. The third-order valence-electron chi connectivity index (χ3n) is 4.65. The second kappa shape index (κ2) is 7.15. The zero-order valence-electron chi connectivity index (χ0n) is 15.3. The Balaban J connectivity index is 1.39. The number of amides is 1. The average Bonchev–Trinajstić information content (AvgIpc) is 3.06. The maximum atomic E-state index is 12.7. The van der Waals surface area contributed by atoms with Crippen LogP contribution in [0.2, 0.25) is 0 Å². The maximum absolute atomic E-state index is 12.7. The van der Waals surface area contributed by atoms with Gasteiger partial charge in [0, 0.05) is 13.1 Å². The van der Waals surface area contributed by atoms with E-state index in [0.29, 0.717) is 18.8 Å². The van der Waals surface area contributed by atoms with E-state index in [1.807, 2.05) is 67.7 Å². The number of rotatable bonds is 5. The molecule has 6 nitrogen and oxygen atoms in total. The molecule has 0 atom stereocenters. The van der Waals surface area contributed by atoms with Gasteiger partial charge in [0.25, 0.3) is 5.91 Å². The van der Waals surface area contributed by atoms with E-state index in [1.54, 1.807) is 16.7 Å². The normalized spacial score (nSPS) is 13.9. The molecule has 0 radical (unpaired) electrons. The summed E-state index contributed by atoms with van der Waals surface area (Å²) in [4.78, 5) is 14.4. The summed E-state index contributed by atoms with van der Waals surface area (Å²) < 4.78 is 12.9. The largest absolute Gasteiger partial charge is 0.497 e. The van der Waals surface area contributed by atoms with Crippen molar-refractivity contribution < 1.29 is 14.3 Å². The van der Waals surface area contributed by atoms with Gasteiger partial charge in [-0.1, -0.05) is 36.4 Å². The van der Waals surface area contributed by atoms with Gasteiger partial charge in [-0.2, -0.15) is 5.10 Å². The van der Waals surface area contributed by atoms with Crippen LogP contribution in [0.15, 0.2) is 60.7 Å². The summed E-state index contributed by atoms with van der Waals surface area (Å²) in [5.74, 6) is 1.43. The summed E-state index contributed by atoms with van der Waals surface area (Å²) in [5, 5.41) is 4.39. The molecule has 0 bridgehead atoms. The monoisotopic (exact) mass is 363 g/mol. The van der Waals surface area contributed by atoms with Crippen LogP contribution in [0, 0.1) is 0 Å². The Morgan fingerprint density at radius 2 is 1.78 bits per heavy atom. The Morgan fingerprint density at radius 3 is 2.52 bits per heavy atom. The minimum absolute atomic E-state index is 0.0154. The molecule has 0 spiro atoms. The predicted molar refractivity (Wildman–Crippen MR) is 102 cm³/mol. The van der Waals surface area contributed by atoms with E-state index in [1.165, 1.54) is 0 Å². The van der Waals surface area contributed by atoms with Gasteiger partial charge in [0.15, 0.2) is 5.69 Å². The molecule has 2 heterocycles. The van der Waals surface area contributed by atoms with Gasteiger partial charge in [-0.15, -0.1) is 0 Å². The number of likely N-dealkylation sites (tertiary alicyclic amines) is 1. The zero-order valence-corrected chi connectivity index (χ0v) is 15.3.